The predicted molar refractivity (Wildman–Crippen MR) is 391 cm³/mol. The van der Waals surface area contributed by atoms with E-state index in [2.05, 4.69) is 279 Å². The minimum absolute atomic E-state index is 0.100. The summed E-state index contributed by atoms with van der Waals surface area (Å²) in [5.41, 5.74) is 24.8. The van der Waals surface area contributed by atoms with E-state index >= 15 is 0 Å². The number of allylic oxidation sites excluding steroid dienone is 9. The first-order valence-electron chi connectivity index (χ1n) is 32.7. The monoisotopic (exact) mass is 1220 g/mol. The Hall–Kier alpha value is -13.0. The van der Waals surface area contributed by atoms with Crippen LogP contribution in [0, 0.1) is 51.2 Å². The molecule has 0 N–H and O–H groups in total. The summed E-state index contributed by atoms with van der Waals surface area (Å²) >= 11 is 0. The lowest BCUT2D eigenvalue weighted by Crippen LogP contribution is -2.10. The van der Waals surface area contributed by atoms with E-state index in [1.165, 1.54) is 16.6 Å². The number of aryl methyl sites for hydroxylation is 1. The molecule has 8 nitrogen and oxygen atoms in total. The maximum atomic E-state index is 10.9. The van der Waals surface area contributed by atoms with Crippen molar-refractivity contribution in [1.29, 1.82) is 21.0 Å². The van der Waals surface area contributed by atoms with Crippen LogP contribution in [0.4, 0.5) is 0 Å². The Labute approximate surface area is 554 Å². The Morgan fingerprint density at radius 3 is 1.80 bits per heavy atom. The normalized spacial score (nSPS) is 15.3. The Kier molecular flexibility index (Phi) is 13.0. The first-order valence-corrected chi connectivity index (χ1v) is 32.7. The zero-order valence-corrected chi connectivity index (χ0v) is 52.1. The Balaban J connectivity index is 0.746. The topological polar surface area (TPSA) is 115 Å². The molecule has 0 saturated heterocycles. The molecule has 0 aliphatic heterocycles. The average Bonchev–Trinajstić information content (AvgIpc) is 1.13. The van der Waals surface area contributed by atoms with Crippen LogP contribution in [0.5, 0.6) is 0 Å². The highest BCUT2D eigenvalue weighted by Gasteiger charge is 2.28. The van der Waals surface area contributed by atoms with E-state index in [1.807, 2.05) is 42.5 Å². The van der Waals surface area contributed by atoms with Crippen molar-refractivity contribution in [2.75, 3.05) is 0 Å². The van der Waals surface area contributed by atoms with Crippen molar-refractivity contribution >= 4 is 99.2 Å². The number of benzene rings is 11. The molecule has 96 heavy (non-hydrogen) atoms. The molecule has 4 aromatic heterocycles. The van der Waals surface area contributed by atoms with Gasteiger partial charge in [-0.25, -0.2) is 0 Å². The zero-order chi connectivity index (χ0) is 64.1. The molecule has 0 saturated carbocycles. The number of rotatable bonds is 9. The number of aromatic nitrogens is 4. The molecule has 15 aromatic rings. The second-order valence-electron chi connectivity index (χ2n) is 25.3. The summed E-state index contributed by atoms with van der Waals surface area (Å²) in [5, 5.41) is 50.1. The summed E-state index contributed by atoms with van der Waals surface area (Å²) in [6.45, 7) is 0. The maximum Gasteiger partial charge on any atom is 0.101 e. The van der Waals surface area contributed by atoms with E-state index in [-0.39, 0.29) is 12.0 Å². The van der Waals surface area contributed by atoms with E-state index in [9.17, 15) is 21.0 Å². The van der Waals surface area contributed by atoms with Crippen LogP contribution in [0.15, 0.2) is 279 Å². The fourth-order valence-electron chi connectivity index (χ4n) is 16.0. The quantitative estimate of drug-likeness (QED) is 0.143. The molecular formula is C88H56N8. The minimum Gasteiger partial charge on any atom is -0.333 e. The number of hydrogen-bond donors (Lipinski definition) is 0. The van der Waals surface area contributed by atoms with Crippen LogP contribution < -0.4 is 0 Å². The Bertz CT molecular complexity index is 6230. The molecule has 8 heteroatoms. The standard InChI is InChI=1S/C88H56N8/c89-51-61-37-41-65(49-75(61)59-19-13-17-57(45-59)67-23-1-7-30-78(67)95-83-35-12-6-28-74(83)87-63(53-91)21-16-36-85(87)95)93-79-31-8-5-27-72(79)77-47-55(40-44-84(77)93)56-39-43-68(86(48-56)96-81-33-10-2-24-69(81)70-25-3-11-34-82(70)96)58-18-14-20-60(46-58)76-50-66(42-38-62(76)52-90)94-80-32-9-4-26-71(80)73-29-15-22-64(54-92)88(73)94/h1-2,4-24,26-37,39-40,42-50,62,65H,3,25,38,41H2. The zero-order valence-electron chi connectivity index (χ0n) is 52.1. The predicted octanol–water partition coefficient (Wildman–Crippen LogP) is 21.6. The maximum absolute atomic E-state index is 10.9. The fraction of sp³-hybridized carbons (Fsp3) is 0.0682. The van der Waals surface area contributed by atoms with Crippen molar-refractivity contribution in [3.8, 4) is 69.0 Å². The molecular weight excluding hydrogens is 1170 g/mol. The molecule has 0 spiro atoms. The highest BCUT2D eigenvalue weighted by molar-refractivity contribution is 6.14. The second kappa shape index (κ2) is 22.4. The largest absolute Gasteiger partial charge is 0.333 e. The van der Waals surface area contributed by atoms with Gasteiger partial charge in [0.1, 0.15) is 6.07 Å². The number of fused-ring (bicyclic) bond motifs is 12. The number of nitrogens with zero attached hydrogens (tertiary/aromatic N) is 8. The number of para-hydroxylation sites is 6. The van der Waals surface area contributed by atoms with Crippen LogP contribution in [0.3, 0.4) is 0 Å². The van der Waals surface area contributed by atoms with Crippen LogP contribution in [-0.4, -0.2) is 18.3 Å². The van der Waals surface area contributed by atoms with E-state index < -0.39 is 0 Å². The van der Waals surface area contributed by atoms with Gasteiger partial charge < -0.3 is 18.3 Å². The van der Waals surface area contributed by atoms with Gasteiger partial charge in [-0.15, -0.1) is 0 Å². The van der Waals surface area contributed by atoms with Gasteiger partial charge in [0.25, 0.3) is 0 Å². The molecule has 0 fully saturated rings. The summed E-state index contributed by atoms with van der Waals surface area (Å²) in [7, 11) is 0. The van der Waals surface area contributed by atoms with Gasteiger partial charge in [-0.05, 0) is 167 Å². The minimum atomic E-state index is -0.378. The molecule has 0 amide bonds. The van der Waals surface area contributed by atoms with Crippen molar-refractivity contribution in [1.82, 2.24) is 18.3 Å². The molecule has 448 valence electrons. The fourth-order valence-corrected chi connectivity index (χ4v) is 16.0. The molecule has 3 aliphatic rings. The van der Waals surface area contributed by atoms with Gasteiger partial charge in [0.2, 0.25) is 0 Å². The van der Waals surface area contributed by atoms with Crippen LogP contribution in [0.2, 0.25) is 0 Å². The molecule has 0 bridgehead atoms. The van der Waals surface area contributed by atoms with Gasteiger partial charge in [-0.1, -0.05) is 188 Å². The lowest BCUT2D eigenvalue weighted by atomic mass is 9.85. The third-order valence-corrected chi connectivity index (χ3v) is 20.2. The molecule has 11 aromatic carbocycles. The second-order valence-corrected chi connectivity index (χ2v) is 25.3. The van der Waals surface area contributed by atoms with Crippen molar-refractivity contribution in [2.45, 2.75) is 31.7 Å². The molecule has 0 radical (unpaired) electrons. The van der Waals surface area contributed by atoms with Gasteiger partial charge in [-0.3, -0.25) is 0 Å². The van der Waals surface area contributed by atoms with E-state index in [1.54, 1.807) is 0 Å². The third kappa shape index (κ3) is 8.64. The van der Waals surface area contributed by atoms with Gasteiger partial charge in [0.15, 0.2) is 0 Å². The van der Waals surface area contributed by atoms with Crippen LogP contribution in [0.1, 0.15) is 58.8 Å². The van der Waals surface area contributed by atoms with Gasteiger partial charge in [0, 0.05) is 71.3 Å². The SMILES string of the molecule is N#CC1=CCC(n2c3ccccc3c3cc(-c4ccc(-c5cccc(C6=CC(n7c8ccccc8c8cccc(C#N)c87)=CCC6C#N)c5)c(-n5c6c(c7ccccc75)CCC=C6)c4)ccc32)C=C1c1cccc(-c2ccccc2-n2c3ccccc3c3c(C#N)cccc32)c1. The lowest BCUT2D eigenvalue weighted by molar-refractivity contribution is 0.648. The summed E-state index contributed by atoms with van der Waals surface area (Å²) in [6, 6.07) is 95.6. The summed E-state index contributed by atoms with van der Waals surface area (Å²) in [5.74, 6) is -0.378. The molecule has 2 atom stereocenters. The van der Waals surface area contributed by atoms with Crippen LogP contribution in [-0.2, 0) is 6.42 Å². The summed E-state index contributed by atoms with van der Waals surface area (Å²) < 4.78 is 9.41. The molecule has 4 heterocycles. The smallest absolute Gasteiger partial charge is 0.101 e. The summed E-state index contributed by atoms with van der Waals surface area (Å²) in [4.78, 5) is 0. The molecule has 18 rings (SSSR count). The van der Waals surface area contributed by atoms with Gasteiger partial charge in [0.05, 0.1) is 85.8 Å². The average molecular weight is 1230 g/mol. The van der Waals surface area contributed by atoms with Crippen LogP contribution in [0.25, 0.3) is 144 Å². The van der Waals surface area contributed by atoms with Gasteiger partial charge >= 0.3 is 0 Å². The lowest BCUT2D eigenvalue weighted by Gasteiger charge is -2.23. The summed E-state index contributed by atoms with van der Waals surface area (Å²) in [6.07, 6.45) is 16.4. The van der Waals surface area contributed by atoms with E-state index in [4.69, 9.17) is 0 Å². The van der Waals surface area contributed by atoms with Crippen molar-refractivity contribution in [2.24, 2.45) is 5.92 Å². The Morgan fingerprint density at radius 2 is 1.01 bits per heavy atom. The molecule has 2 unspecified atom stereocenters. The number of nitriles is 4. The Morgan fingerprint density at radius 1 is 0.406 bits per heavy atom. The van der Waals surface area contributed by atoms with Crippen molar-refractivity contribution in [3.05, 3.63) is 312 Å². The highest BCUT2D eigenvalue weighted by atomic mass is 15.0. The molecule has 3 aliphatic carbocycles. The number of hydrogen-bond acceptors (Lipinski definition) is 4. The first-order chi connectivity index (χ1) is 47.5. The third-order valence-electron chi connectivity index (χ3n) is 20.2. The van der Waals surface area contributed by atoms with Crippen molar-refractivity contribution < 1.29 is 0 Å². The first kappa shape index (κ1) is 55.8. The van der Waals surface area contributed by atoms with E-state index in [0.717, 1.165) is 157 Å². The van der Waals surface area contributed by atoms with E-state index in [0.29, 0.717) is 29.5 Å². The van der Waals surface area contributed by atoms with Crippen LogP contribution >= 0.6 is 0 Å². The van der Waals surface area contributed by atoms with Crippen molar-refractivity contribution in [3.63, 3.8) is 0 Å². The highest BCUT2D eigenvalue weighted by Crippen LogP contribution is 2.46. The van der Waals surface area contributed by atoms with Gasteiger partial charge in [-0.2, -0.15) is 21.0 Å².